The topological polar surface area (TPSA) is 300 Å². The number of aliphatic hydroxyl groups is 5. The minimum absolute atomic E-state index is 0.0127. The molecule has 0 aromatic heterocycles. The minimum Gasteiger partial charge on any atom is -0.508 e. The lowest BCUT2D eigenvalue weighted by Gasteiger charge is -2.46. The van der Waals surface area contributed by atoms with Crippen LogP contribution in [-0.2, 0) is 15.9 Å². The molecule has 17 heteroatoms. The Morgan fingerprint density at radius 1 is 0.604 bits per heavy atom. The summed E-state index contributed by atoms with van der Waals surface area (Å²) in [5.74, 6) is -6.21. The van der Waals surface area contributed by atoms with Gasteiger partial charge in [0.05, 0.1) is 18.6 Å². The predicted octanol–water partition coefficient (Wildman–Crippen LogP) is 0.819. The van der Waals surface area contributed by atoms with Gasteiger partial charge in [0, 0.05) is 41.3 Å². The van der Waals surface area contributed by atoms with E-state index in [2.05, 4.69) is 0 Å². The molecule has 0 bridgehead atoms. The fraction of sp³-hybridized carbons (Fsp3) is 0.333. The summed E-state index contributed by atoms with van der Waals surface area (Å²) in [5, 5.41) is 138. The van der Waals surface area contributed by atoms with Crippen molar-refractivity contribution in [3.63, 3.8) is 0 Å². The molecular formula is C36H36O17. The minimum atomic E-state index is -1.96. The fourth-order valence-electron chi connectivity index (χ4n) is 7.17. The van der Waals surface area contributed by atoms with Crippen molar-refractivity contribution in [3.05, 3.63) is 82.4 Å². The summed E-state index contributed by atoms with van der Waals surface area (Å²) in [5.41, 5.74) is -0.0891. The largest absolute Gasteiger partial charge is 0.508 e. The van der Waals surface area contributed by atoms with Gasteiger partial charge in [0.15, 0.2) is 35.4 Å². The van der Waals surface area contributed by atoms with Gasteiger partial charge in [-0.2, -0.15) is 0 Å². The Labute approximate surface area is 299 Å². The number of phenolic OH excluding ortho intramolecular Hbond substituents is 8. The van der Waals surface area contributed by atoms with Gasteiger partial charge in [-0.1, -0.05) is 12.1 Å². The molecule has 10 atom stereocenters. The highest BCUT2D eigenvalue weighted by Gasteiger charge is 2.52. The Hall–Kier alpha value is -5.40. The van der Waals surface area contributed by atoms with E-state index in [1.165, 1.54) is 18.2 Å². The normalized spacial score (nSPS) is 29.4. The van der Waals surface area contributed by atoms with Crippen molar-refractivity contribution in [3.8, 4) is 57.5 Å². The summed E-state index contributed by atoms with van der Waals surface area (Å²) in [4.78, 5) is 0. The number of fused-ring (bicyclic) bond motifs is 2. The summed E-state index contributed by atoms with van der Waals surface area (Å²) < 4.78 is 24.6. The van der Waals surface area contributed by atoms with Gasteiger partial charge in [0.1, 0.15) is 71.1 Å². The number of rotatable bonds is 6. The molecule has 0 radical (unpaired) electrons. The van der Waals surface area contributed by atoms with E-state index >= 15 is 0 Å². The van der Waals surface area contributed by atoms with E-state index in [4.69, 9.17) is 18.9 Å². The Morgan fingerprint density at radius 3 is 1.85 bits per heavy atom. The van der Waals surface area contributed by atoms with Crippen LogP contribution in [0.15, 0.2) is 54.6 Å². The molecule has 3 aliphatic rings. The molecule has 0 aliphatic carbocycles. The molecule has 0 amide bonds. The molecule has 3 aliphatic heterocycles. The Balaban J connectivity index is 1.46. The quantitative estimate of drug-likeness (QED) is 0.122. The summed E-state index contributed by atoms with van der Waals surface area (Å²) in [6.07, 6.45) is -14.9. The molecule has 282 valence electrons. The van der Waals surface area contributed by atoms with E-state index in [-0.39, 0.29) is 45.7 Å². The smallest absolute Gasteiger partial charge is 0.187 e. The van der Waals surface area contributed by atoms with Crippen molar-refractivity contribution in [2.24, 2.45) is 0 Å². The average Bonchev–Trinajstić information content (AvgIpc) is 3.11. The first-order valence-corrected chi connectivity index (χ1v) is 16.3. The van der Waals surface area contributed by atoms with Crippen molar-refractivity contribution >= 4 is 0 Å². The van der Waals surface area contributed by atoms with E-state index < -0.39 is 114 Å². The summed E-state index contributed by atoms with van der Waals surface area (Å²) in [7, 11) is 0. The van der Waals surface area contributed by atoms with Crippen molar-refractivity contribution in [2.75, 3.05) is 6.61 Å². The van der Waals surface area contributed by atoms with Crippen LogP contribution in [0.2, 0.25) is 0 Å². The number of aliphatic hydroxyl groups excluding tert-OH is 5. The Morgan fingerprint density at radius 2 is 1.23 bits per heavy atom. The maximum atomic E-state index is 11.7. The van der Waals surface area contributed by atoms with Crippen LogP contribution >= 0.6 is 0 Å². The van der Waals surface area contributed by atoms with Crippen LogP contribution in [-0.4, -0.2) is 116 Å². The maximum Gasteiger partial charge on any atom is 0.187 e. The SMILES string of the molecule is OC[C@H]1O[C@@H](O[C@H]2[C@H](c3c(O)cc(O)c4c3O[C@H](c3ccc(O)c(O)c3)[C@@H](O)C4)c3c(O)cc(O)cc3O[C@@H]2c2ccc(O)c(O)c2)[C@H](O)[C@@H](O)[C@H]1O. The second kappa shape index (κ2) is 13.5. The van der Waals surface area contributed by atoms with E-state index in [0.29, 0.717) is 0 Å². The first-order chi connectivity index (χ1) is 25.2. The zero-order valence-electron chi connectivity index (χ0n) is 27.3. The zero-order chi connectivity index (χ0) is 38.0. The molecule has 0 unspecified atom stereocenters. The third kappa shape index (κ3) is 6.17. The molecule has 1 fully saturated rings. The van der Waals surface area contributed by atoms with Gasteiger partial charge in [-0.25, -0.2) is 0 Å². The highest BCUT2D eigenvalue weighted by Crippen LogP contribution is 2.58. The second-order valence-corrected chi connectivity index (χ2v) is 13.1. The van der Waals surface area contributed by atoms with Crippen LogP contribution in [0.25, 0.3) is 0 Å². The molecular weight excluding hydrogens is 704 g/mol. The molecule has 0 saturated carbocycles. The van der Waals surface area contributed by atoms with Crippen molar-refractivity contribution in [1.82, 2.24) is 0 Å². The first-order valence-electron chi connectivity index (χ1n) is 16.3. The second-order valence-electron chi connectivity index (χ2n) is 13.1. The van der Waals surface area contributed by atoms with Gasteiger partial charge in [0.25, 0.3) is 0 Å². The van der Waals surface area contributed by atoms with E-state index in [9.17, 15) is 66.4 Å². The number of hydrogen-bond acceptors (Lipinski definition) is 17. The van der Waals surface area contributed by atoms with Crippen LogP contribution in [0.4, 0.5) is 0 Å². The molecule has 4 aromatic rings. The molecule has 3 heterocycles. The zero-order valence-corrected chi connectivity index (χ0v) is 27.3. The average molecular weight is 741 g/mol. The molecule has 7 rings (SSSR count). The molecule has 0 spiro atoms. The van der Waals surface area contributed by atoms with Crippen molar-refractivity contribution in [1.29, 1.82) is 0 Å². The highest BCUT2D eigenvalue weighted by atomic mass is 16.7. The third-order valence-electron chi connectivity index (χ3n) is 9.79. The van der Waals surface area contributed by atoms with Crippen molar-refractivity contribution in [2.45, 2.75) is 67.5 Å². The summed E-state index contributed by atoms with van der Waals surface area (Å²) in [6.45, 7) is -0.815. The van der Waals surface area contributed by atoms with Gasteiger partial charge in [-0.05, 0) is 35.4 Å². The van der Waals surface area contributed by atoms with Gasteiger partial charge in [-0.3, -0.25) is 0 Å². The number of aromatic hydroxyl groups is 8. The lowest BCUT2D eigenvalue weighted by molar-refractivity contribution is -0.318. The molecule has 1 saturated heterocycles. The fourth-order valence-corrected chi connectivity index (χ4v) is 7.17. The van der Waals surface area contributed by atoms with Gasteiger partial charge < -0.3 is 85.3 Å². The molecule has 13 N–H and O–H groups in total. The van der Waals surface area contributed by atoms with Crippen LogP contribution in [0, 0.1) is 0 Å². The monoisotopic (exact) mass is 740 g/mol. The van der Waals surface area contributed by atoms with Crippen LogP contribution in [0.1, 0.15) is 45.9 Å². The lowest BCUT2D eigenvalue weighted by atomic mass is 9.77. The number of phenols is 8. The van der Waals surface area contributed by atoms with E-state index in [0.717, 1.165) is 36.4 Å². The maximum absolute atomic E-state index is 11.7. The van der Waals surface area contributed by atoms with Crippen LogP contribution in [0.5, 0.6) is 57.5 Å². The summed E-state index contributed by atoms with van der Waals surface area (Å²) >= 11 is 0. The number of hydrogen-bond donors (Lipinski definition) is 13. The van der Waals surface area contributed by atoms with Crippen molar-refractivity contribution < 1.29 is 85.3 Å². The summed E-state index contributed by atoms with van der Waals surface area (Å²) in [6, 6.07) is 10.3. The van der Waals surface area contributed by atoms with Gasteiger partial charge >= 0.3 is 0 Å². The van der Waals surface area contributed by atoms with Crippen LogP contribution in [0.3, 0.4) is 0 Å². The Bertz CT molecular complexity index is 2030. The van der Waals surface area contributed by atoms with Gasteiger partial charge in [-0.15, -0.1) is 0 Å². The van der Waals surface area contributed by atoms with E-state index in [1.807, 2.05) is 0 Å². The lowest BCUT2D eigenvalue weighted by Crippen LogP contribution is -2.60. The standard InChI is InChI=1S/C36H36O17/c37-11-25-29(47)30(48)31(49)36(51-25)53-35-28(26-21(44)7-14(38)8-24(26)50-33(35)13-2-4-17(40)20(43)6-13)27-22(45)10-18(41)15-9-23(46)32(52-34(15)27)12-1-3-16(39)19(42)5-12/h1-8,10,23,25,28-33,35-49H,9,11H2/t23-,25+,28-,29-,30-,31+,32+,33+,35-,36-/m0/s1. The van der Waals surface area contributed by atoms with Crippen LogP contribution < -0.4 is 9.47 Å². The molecule has 17 nitrogen and oxygen atoms in total. The van der Waals surface area contributed by atoms with Gasteiger partial charge in [0.2, 0.25) is 0 Å². The Kier molecular flexibility index (Phi) is 9.19. The number of ether oxygens (including phenoxy) is 4. The first kappa shape index (κ1) is 36.0. The molecule has 4 aromatic carbocycles. The molecule has 53 heavy (non-hydrogen) atoms. The predicted molar refractivity (Wildman–Crippen MR) is 176 cm³/mol. The number of benzene rings is 4. The van der Waals surface area contributed by atoms with E-state index in [1.54, 1.807) is 0 Å². The third-order valence-corrected chi connectivity index (χ3v) is 9.79. The highest BCUT2D eigenvalue weighted by molar-refractivity contribution is 5.66.